The third-order valence-electron chi connectivity index (χ3n) is 2.74. The van der Waals surface area contributed by atoms with Crippen molar-refractivity contribution in [3.63, 3.8) is 0 Å². The maximum Gasteiger partial charge on any atom is 0.212 e. The molecule has 2 rings (SSSR count). The van der Waals surface area contributed by atoms with Crippen molar-refractivity contribution >= 4 is 28.1 Å². The minimum atomic E-state index is -1.56. The first kappa shape index (κ1) is 14.4. The van der Waals surface area contributed by atoms with Crippen LogP contribution in [-0.2, 0) is 15.4 Å². The second-order valence-corrected chi connectivity index (χ2v) is 5.13. The molecule has 0 aliphatic carbocycles. The number of rotatable bonds is 6. The van der Waals surface area contributed by atoms with E-state index in [1.807, 2.05) is 50.5 Å². The van der Waals surface area contributed by atoms with E-state index >= 15 is 0 Å². The van der Waals surface area contributed by atoms with Gasteiger partial charge in [-0.15, -0.1) is 0 Å². The van der Waals surface area contributed by atoms with Gasteiger partial charge in [0.1, 0.15) is 0 Å². The molecule has 0 amide bonds. The maximum absolute atomic E-state index is 11.9. The number of benzene rings is 2. The molecule has 0 bridgehead atoms. The Morgan fingerprint density at radius 2 is 1.25 bits per heavy atom. The highest BCUT2D eigenvalue weighted by molar-refractivity contribution is 7.80. The van der Waals surface area contributed by atoms with Crippen molar-refractivity contribution in [2.45, 2.75) is 4.90 Å². The molecule has 0 fully saturated rings. The second kappa shape index (κ2) is 6.93. The van der Waals surface area contributed by atoms with Crippen molar-refractivity contribution in [3.8, 4) is 0 Å². The lowest BCUT2D eigenvalue weighted by atomic mass is 10.3. The van der Waals surface area contributed by atoms with Gasteiger partial charge in [0, 0.05) is 25.5 Å². The topological polar surface area (TPSA) is 62.4 Å². The van der Waals surface area contributed by atoms with Gasteiger partial charge >= 0.3 is 0 Å². The van der Waals surface area contributed by atoms with Crippen LogP contribution in [0.2, 0.25) is 0 Å². The average molecular weight is 291 g/mol. The van der Waals surface area contributed by atoms with E-state index in [1.165, 1.54) is 0 Å². The van der Waals surface area contributed by atoms with Crippen LogP contribution in [0, 0.1) is 0 Å². The highest BCUT2D eigenvalue weighted by atomic mass is 32.2. The molecule has 0 radical (unpaired) electrons. The van der Waals surface area contributed by atoms with Gasteiger partial charge in [0.25, 0.3) is 0 Å². The molecule has 0 aromatic heterocycles. The summed E-state index contributed by atoms with van der Waals surface area (Å²) < 4.78 is 17.1. The number of hydrogen-bond acceptors (Lipinski definition) is 5. The van der Waals surface area contributed by atoms with Gasteiger partial charge in [0.15, 0.2) is 0 Å². The van der Waals surface area contributed by atoms with Crippen LogP contribution >= 0.6 is 0 Å². The largest absolute Gasteiger partial charge is 0.388 e. The summed E-state index contributed by atoms with van der Waals surface area (Å²) in [5, 5.41) is 6.02. The molecule has 0 heterocycles. The summed E-state index contributed by atoms with van der Waals surface area (Å²) >= 11 is -1.56. The van der Waals surface area contributed by atoms with Gasteiger partial charge in [-0.25, -0.2) is 4.21 Å². The Bertz CT molecular complexity index is 570. The zero-order valence-corrected chi connectivity index (χ0v) is 12.2. The molecule has 6 heteroatoms. The Morgan fingerprint density at radius 3 is 1.75 bits per heavy atom. The Morgan fingerprint density at radius 1 is 0.800 bits per heavy atom. The van der Waals surface area contributed by atoms with E-state index in [9.17, 15) is 4.21 Å². The lowest BCUT2D eigenvalue weighted by molar-refractivity contribution is 0.436. The predicted molar refractivity (Wildman–Crippen MR) is 83.1 cm³/mol. The first-order chi connectivity index (χ1) is 9.72. The monoisotopic (exact) mass is 291 g/mol. The molecular weight excluding hydrogens is 274 g/mol. The zero-order chi connectivity index (χ0) is 14.4. The molecule has 0 spiro atoms. The number of hydrogen-bond donors (Lipinski definition) is 3. The second-order valence-electron chi connectivity index (χ2n) is 4.02. The van der Waals surface area contributed by atoms with Crippen LogP contribution in [0.25, 0.3) is 0 Å². The van der Waals surface area contributed by atoms with Gasteiger partial charge in [-0.1, -0.05) is 0 Å². The van der Waals surface area contributed by atoms with Gasteiger partial charge in [-0.2, -0.15) is 4.28 Å². The fourth-order valence-corrected chi connectivity index (χ4v) is 2.20. The van der Waals surface area contributed by atoms with Crippen LogP contribution in [0.1, 0.15) is 0 Å². The summed E-state index contributed by atoms with van der Waals surface area (Å²) in [4.78, 5) is 0.600. The normalized spacial score (nSPS) is 11.7. The van der Waals surface area contributed by atoms with E-state index in [-0.39, 0.29) is 0 Å². The van der Waals surface area contributed by atoms with Crippen LogP contribution < -0.4 is 16.1 Å². The van der Waals surface area contributed by atoms with Gasteiger partial charge in [0.2, 0.25) is 11.1 Å². The smallest absolute Gasteiger partial charge is 0.212 e. The van der Waals surface area contributed by atoms with E-state index in [0.29, 0.717) is 4.90 Å². The quantitative estimate of drug-likeness (QED) is 0.714. The summed E-state index contributed by atoms with van der Waals surface area (Å²) in [6.07, 6.45) is 0. The highest BCUT2D eigenvalue weighted by Gasteiger charge is 2.05. The minimum absolute atomic E-state index is 0.600. The van der Waals surface area contributed by atoms with E-state index in [1.54, 1.807) is 12.1 Å². The fourth-order valence-electron chi connectivity index (χ4n) is 1.57. The van der Waals surface area contributed by atoms with E-state index < -0.39 is 11.1 Å². The maximum atomic E-state index is 11.9. The summed E-state index contributed by atoms with van der Waals surface area (Å²) in [6, 6.07) is 14.7. The van der Waals surface area contributed by atoms with Gasteiger partial charge in [0.05, 0.1) is 10.6 Å². The summed E-state index contributed by atoms with van der Waals surface area (Å²) in [6.45, 7) is 0. The van der Waals surface area contributed by atoms with Gasteiger partial charge in [-0.05, 0) is 48.5 Å². The lowest BCUT2D eigenvalue weighted by Crippen LogP contribution is -2.05. The fraction of sp³-hybridized carbons (Fsp3) is 0.143. The Hall–Kier alpha value is -2.05. The van der Waals surface area contributed by atoms with Crippen molar-refractivity contribution in [3.05, 3.63) is 48.5 Å². The third-order valence-corrected chi connectivity index (χ3v) is 3.64. The van der Waals surface area contributed by atoms with Crippen LogP contribution in [0.15, 0.2) is 53.4 Å². The Labute approximate surface area is 121 Å². The predicted octanol–water partition coefficient (Wildman–Crippen LogP) is 2.84. The van der Waals surface area contributed by atoms with Crippen molar-refractivity contribution in [2.75, 3.05) is 30.2 Å². The standard InChI is InChI=1S/C14H17N3O2S/c1-15-11-3-5-13(6-4-11)17-19-20(18)14-9-7-12(16-2)8-10-14/h3-10,15-17H,1-2H3. The molecule has 2 aromatic carbocycles. The Kier molecular flexibility index (Phi) is 4.97. The van der Waals surface area contributed by atoms with Crippen molar-refractivity contribution in [1.82, 2.24) is 0 Å². The molecule has 5 nitrogen and oxygen atoms in total. The van der Waals surface area contributed by atoms with Crippen LogP contribution in [0.5, 0.6) is 0 Å². The summed E-state index contributed by atoms with van der Waals surface area (Å²) in [5.41, 5.74) is 5.38. The third kappa shape index (κ3) is 3.72. The van der Waals surface area contributed by atoms with Crippen LogP contribution in [0.4, 0.5) is 17.1 Å². The molecule has 0 saturated heterocycles. The minimum Gasteiger partial charge on any atom is -0.388 e. The first-order valence-corrected chi connectivity index (χ1v) is 7.21. The molecule has 20 heavy (non-hydrogen) atoms. The van der Waals surface area contributed by atoms with E-state index in [0.717, 1.165) is 17.1 Å². The van der Waals surface area contributed by atoms with Crippen LogP contribution in [-0.4, -0.2) is 18.3 Å². The van der Waals surface area contributed by atoms with E-state index in [4.69, 9.17) is 4.28 Å². The van der Waals surface area contributed by atoms with Crippen molar-refractivity contribution in [1.29, 1.82) is 0 Å². The molecule has 1 unspecified atom stereocenters. The number of anilines is 3. The average Bonchev–Trinajstić information content (AvgIpc) is 2.53. The Balaban J connectivity index is 1.93. The zero-order valence-electron chi connectivity index (χ0n) is 11.3. The van der Waals surface area contributed by atoms with Gasteiger partial charge < -0.3 is 10.6 Å². The lowest BCUT2D eigenvalue weighted by Gasteiger charge is -2.07. The molecule has 0 aliphatic rings. The molecule has 106 valence electrons. The number of nitrogens with one attached hydrogen (secondary N) is 3. The molecular formula is C14H17N3O2S. The molecule has 0 saturated carbocycles. The van der Waals surface area contributed by atoms with Gasteiger partial charge in [-0.3, -0.25) is 5.48 Å². The molecule has 0 aliphatic heterocycles. The van der Waals surface area contributed by atoms with Crippen LogP contribution in [0.3, 0.4) is 0 Å². The molecule has 3 N–H and O–H groups in total. The molecule has 1 atom stereocenters. The SMILES string of the molecule is CNc1ccc(NOS(=O)c2ccc(NC)cc2)cc1. The summed E-state index contributed by atoms with van der Waals surface area (Å²) in [5.74, 6) is 0. The van der Waals surface area contributed by atoms with E-state index in [2.05, 4.69) is 16.1 Å². The highest BCUT2D eigenvalue weighted by Crippen LogP contribution is 2.16. The van der Waals surface area contributed by atoms with Crippen molar-refractivity contribution in [2.24, 2.45) is 0 Å². The molecule has 2 aromatic rings. The first-order valence-electron chi connectivity index (χ1n) is 6.13. The summed E-state index contributed by atoms with van der Waals surface area (Å²) in [7, 11) is 3.68. The van der Waals surface area contributed by atoms with Crippen molar-refractivity contribution < 1.29 is 8.49 Å².